The number of hydrogen-bond acceptors (Lipinski definition) is 6. The molecule has 2 heterocycles. The third-order valence-electron chi connectivity index (χ3n) is 7.34. The second kappa shape index (κ2) is 14.9. The number of hydrogen-bond donors (Lipinski definition) is 1. The van der Waals surface area contributed by atoms with Crippen LogP contribution < -0.4 is 10.9 Å². The van der Waals surface area contributed by atoms with Gasteiger partial charge in [-0.3, -0.25) is 14.3 Å². The van der Waals surface area contributed by atoms with E-state index in [2.05, 4.69) is 15.3 Å². The van der Waals surface area contributed by atoms with Crippen molar-refractivity contribution >= 4 is 21.7 Å². The Morgan fingerprint density at radius 3 is 2.20 bits per heavy atom. The van der Waals surface area contributed by atoms with Gasteiger partial charge in [0.05, 0.1) is 68.0 Å². The number of carbonyl (C=O) groups excluding carboxylic acids is 1. The maximum atomic E-state index is 13.8. The lowest BCUT2D eigenvalue weighted by Gasteiger charge is -2.23. The van der Waals surface area contributed by atoms with E-state index in [1.807, 2.05) is 21.1 Å². The van der Waals surface area contributed by atoms with Gasteiger partial charge in [0.1, 0.15) is 21.4 Å². The number of aromatic nitrogens is 4. The van der Waals surface area contributed by atoms with Crippen LogP contribution in [0.15, 0.2) is 101 Å². The molecule has 0 saturated heterocycles. The fraction of sp³-hybridized carbons (Fsp3) is 0.235. The van der Waals surface area contributed by atoms with Crippen molar-refractivity contribution < 1.29 is 35.4 Å². The highest BCUT2D eigenvalue weighted by Gasteiger charge is 2.32. The summed E-state index contributed by atoms with van der Waals surface area (Å²) >= 11 is 0. The van der Waals surface area contributed by atoms with Gasteiger partial charge < -0.3 is 14.4 Å². The van der Waals surface area contributed by atoms with Crippen molar-refractivity contribution in [2.75, 3.05) is 34.2 Å². The smallest absolute Gasteiger partial charge is 0.416 e. The summed E-state index contributed by atoms with van der Waals surface area (Å²) in [5.41, 5.74) is -0.399. The Balaban J connectivity index is 0.000000482. The number of carbonyl (C=O) groups is 1. The van der Waals surface area contributed by atoms with E-state index in [0.717, 1.165) is 23.4 Å². The van der Waals surface area contributed by atoms with Crippen LogP contribution in [0.5, 0.6) is 0 Å². The van der Waals surface area contributed by atoms with E-state index >= 15 is 0 Å². The molecule has 0 saturated carbocycles. The predicted molar refractivity (Wildman–Crippen MR) is 179 cm³/mol. The number of amides is 1. The summed E-state index contributed by atoms with van der Waals surface area (Å²) in [6.45, 7) is 8.27. The minimum atomic E-state index is -4.62. The number of quaternary nitrogens is 1. The Kier molecular flexibility index (Phi) is 11.2. The third kappa shape index (κ3) is 8.94. The first-order valence-electron chi connectivity index (χ1n) is 15.0. The molecule has 0 bridgehead atoms. The lowest BCUT2D eigenvalue weighted by Crippen LogP contribution is -2.38. The third-order valence-corrected chi connectivity index (χ3v) is 8.19. The number of rotatable bonds is 9. The van der Waals surface area contributed by atoms with Crippen molar-refractivity contribution in [1.82, 2.24) is 24.5 Å². The zero-order chi connectivity index (χ0) is 36.9. The molecule has 262 valence electrons. The minimum absolute atomic E-state index is 0.0415. The quantitative estimate of drug-likeness (QED) is 0.0990. The standard InChI is InChI=1S/C28H28F3N7O2.C6H6O3S/c1-32-20-10-12-21(13-11-20)36-23(14-16-34-36)25-24(26(39)33-15-7-17-38(3,4)5)27(40)37(35(25)2)22-9-6-8-19(18-22)28(29,30)31;7-10(8,9)6-4-2-1-3-5-6/h6,8-14,16,18H,7,15,17H2,2-5H3;1-5H,(H,7,8,9). The Hall–Kier alpha value is -5.50. The van der Waals surface area contributed by atoms with E-state index in [9.17, 15) is 35.7 Å². The fourth-order valence-corrected chi connectivity index (χ4v) is 5.49. The fourth-order valence-electron chi connectivity index (χ4n) is 5.00. The van der Waals surface area contributed by atoms with E-state index in [1.54, 1.807) is 36.4 Å². The Bertz CT molecular complexity index is 2180. The summed E-state index contributed by atoms with van der Waals surface area (Å²) < 4.78 is 75.9. The molecule has 1 N–H and O–H groups in total. The molecule has 0 aliphatic rings. The van der Waals surface area contributed by atoms with E-state index in [0.29, 0.717) is 34.5 Å². The largest absolute Gasteiger partial charge is 0.744 e. The van der Waals surface area contributed by atoms with Crippen molar-refractivity contribution in [3.63, 3.8) is 0 Å². The molecule has 0 spiro atoms. The van der Waals surface area contributed by atoms with Crippen LogP contribution in [-0.4, -0.2) is 76.7 Å². The summed E-state index contributed by atoms with van der Waals surface area (Å²) in [5, 5.41) is 7.15. The van der Waals surface area contributed by atoms with Gasteiger partial charge >= 0.3 is 6.18 Å². The number of nitrogens with zero attached hydrogens (tertiary/aromatic N) is 6. The molecule has 5 aromatic rings. The van der Waals surface area contributed by atoms with Gasteiger partial charge in [0, 0.05) is 20.0 Å². The highest BCUT2D eigenvalue weighted by atomic mass is 32.2. The van der Waals surface area contributed by atoms with Crippen LogP contribution in [0.4, 0.5) is 18.9 Å². The second-order valence-electron chi connectivity index (χ2n) is 12.1. The molecule has 5 rings (SSSR count). The first kappa shape index (κ1) is 37.3. The zero-order valence-corrected chi connectivity index (χ0v) is 28.4. The van der Waals surface area contributed by atoms with Crippen LogP contribution in [0.25, 0.3) is 27.6 Å². The SMILES string of the molecule is O=S(=O)([O-])c1ccccc1.[C-]#[N+]c1ccc(-n2nccc2-c2c(C(=O)NCCC[N+](C)(C)C)c(=O)n(-c3cccc(C(F)(F)F)c3)n2C)cc1. The number of alkyl halides is 3. The molecule has 0 fully saturated rings. The summed E-state index contributed by atoms with van der Waals surface area (Å²) in [7, 11) is 3.32. The van der Waals surface area contributed by atoms with E-state index in [4.69, 9.17) is 6.57 Å². The van der Waals surface area contributed by atoms with Gasteiger partial charge in [-0.15, -0.1) is 0 Å². The van der Waals surface area contributed by atoms with Gasteiger partial charge in [-0.05, 0) is 48.5 Å². The van der Waals surface area contributed by atoms with E-state index in [-0.39, 0.29) is 21.8 Å². The van der Waals surface area contributed by atoms with E-state index in [1.165, 1.54) is 59.0 Å². The molecule has 16 heteroatoms. The minimum Gasteiger partial charge on any atom is -0.744 e. The van der Waals surface area contributed by atoms with Crippen LogP contribution in [0.2, 0.25) is 0 Å². The average Bonchev–Trinajstić information content (AvgIpc) is 3.64. The number of halogens is 3. The normalized spacial score (nSPS) is 11.7. The van der Waals surface area contributed by atoms with Crippen LogP contribution in [0, 0.1) is 6.57 Å². The molecule has 3 aromatic carbocycles. The van der Waals surface area contributed by atoms with Crippen molar-refractivity contribution in [3.8, 4) is 22.8 Å². The molecule has 50 heavy (non-hydrogen) atoms. The average molecular weight is 710 g/mol. The molecule has 0 radical (unpaired) electrons. The van der Waals surface area contributed by atoms with Crippen LogP contribution in [-0.2, 0) is 23.3 Å². The van der Waals surface area contributed by atoms with Crippen molar-refractivity contribution in [2.24, 2.45) is 7.05 Å². The van der Waals surface area contributed by atoms with Crippen LogP contribution in [0.1, 0.15) is 22.3 Å². The van der Waals surface area contributed by atoms with Crippen molar-refractivity contribution in [2.45, 2.75) is 17.5 Å². The summed E-state index contributed by atoms with van der Waals surface area (Å²) in [4.78, 5) is 30.4. The van der Waals surface area contributed by atoms with Gasteiger partial charge in [-0.1, -0.05) is 36.4 Å². The van der Waals surface area contributed by atoms with Crippen LogP contribution >= 0.6 is 0 Å². The lowest BCUT2D eigenvalue weighted by atomic mass is 10.1. The summed E-state index contributed by atoms with van der Waals surface area (Å²) in [6, 6.07) is 19.8. The highest BCUT2D eigenvalue weighted by molar-refractivity contribution is 7.85. The Labute approximate surface area is 286 Å². The molecular weight excluding hydrogens is 675 g/mol. The lowest BCUT2D eigenvalue weighted by molar-refractivity contribution is -0.870. The second-order valence-corrected chi connectivity index (χ2v) is 13.4. The summed E-state index contributed by atoms with van der Waals surface area (Å²) in [5.74, 6) is -0.640. The molecule has 0 aliphatic heterocycles. The van der Waals surface area contributed by atoms with Gasteiger partial charge in [0.15, 0.2) is 5.69 Å². The molecule has 0 atom stereocenters. The van der Waals surface area contributed by atoms with Crippen molar-refractivity contribution in [3.05, 3.63) is 124 Å². The van der Waals surface area contributed by atoms with Gasteiger partial charge in [0.2, 0.25) is 0 Å². The monoisotopic (exact) mass is 709 g/mol. The molecule has 12 nitrogen and oxygen atoms in total. The van der Waals surface area contributed by atoms with Gasteiger partial charge in [-0.2, -0.15) is 18.3 Å². The first-order valence-corrected chi connectivity index (χ1v) is 16.4. The molecule has 0 unspecified atom stereocenters. The number of nitrogens with one attached hydrogen (secondary N) is 1. The zero-order valence-electron chi connectivity index (χ0n) is 27.5. The molecule has 0 aliphatic carbocycles. The number of benzene rings is 3. The first-order chi connectivity index (χ1) is 23.4. The molecule has 1 amide bonds. The Morgan fingerprint density at radius 1 is 0.980 bits per heavy atom. The predicted octanol–water partition coefficient (Wildman–Crippen LogP) is 5.02. The molecule has 2 aromatic heterocycles. The highest BCUT2D eigenvalue weighted by Crippen LogP contribution is 2.31. The van der Waals surface area contributed by atoms with Crippen molar-refractivity contribution in [1.29, 1.82) is 0 Å². The van der Waals surface area contributed by atoms with E-state index < -0.39 is 33.3 Å². The maximum Gasteiger partial charge on any atom is 0.416 e. The topological polar surface area (TPSA) is 135 Å². The molecular formula is C34H34F3N7O5S. The summed E-state index contributed by atoms with van der Waals surface area (Å²) in [6.07, 6.45) is -2.47. The van der Waals surface area contributed by atoms with Crippen LogP contribution in [0.3, 0.4) is 0 Å². The maximum absolute atomic E-state index is 13.8. The Morgan fingerprint density at radius 2 is 1.64 bits per heavy atom. The van der Waals surface area contributed by atoms with Gasteiger partial charge in [-0.25, -0.2) is 22.6 Å². The van der Waals surface area contributed by atoms with Gasteiger partial charge in [0.25, 0.3) is 11.5 Å².